The van der Waals surface area contributed by atoms with Crippen molar-refractivity contribution >= 4 is 29.0 Å². The molecule has 2 rings (SSSR count). The summed E-state index contributed by atoms with van der Waals surface area (Å²) in [5.41, 5.74) is -0.00443. The second-order valence-corrected chi connectivity index (χ2v) is 4.19. The average Bonchev–Trinajstić information content (AvgIpc) is 2.08. The lowest BCUT2D eigenvalue weighted by atomic mass is 10.0. The lowest BCUT2D eigenvalue weighted by molar-refractivity contribution is -0.119. The van der Waals surface area contributed by atoms with E-state index in [1.54, 1.807) is 26.1 Å². The fourth-order valence-electron chi connectivity index (χ4n) is 1.27. The van der Waals surface area contributed by atoms with Crippen LogP contribution in [0.2, 0.25) is 5.02 Å². The smallest absolute Gasteiger partial charge is 0.249 e. The lowest BCUT2D eigenvalue weighted by Gasteiger charge is -2.31. The Morgan fingerprint density at radius 3 is 2.93 bits per heavy atom. The van der Waals surface area contributed by atoms with E-state index >= 15 is 0 Å². The van der Waals surface area contributed by atoms with Gasteiger partial charge in [0.25, 0.3) is 0 Å². The monoisotopic (exact) mass is 211 g/mol. The van der Waals surface area contributed by atoms with Crippen LogP contribution < -0.4 is 10.6 Å². The molecular formula is C9H10ClN3O. The number of aromatic nitrogens is 1. The molecule has 74 valence electrons. The van der Waals surface area contributed by atoms with E-state index in [-0.39, 0.29) is 5.91 Å². The number of nitrogens with zero attached hydrogens (tertiary/aromatic N) is 1. The number of nitrogens with one attached hydrogen (secondary N) is 2. The molecule has 4 nitrogen and oxygen atoms in total. The Morgan fingerprint density at radius 2 is 2.21 bits per heavy atom. The molecule has 14 heavy (non-hydrogen) atoms. The quantitative estimate of drug-likeness (QED) is 0.689. The molecule has 1 aliphatic heterocycles. The van der Waals surface area contributed by atoms with Crippen molar-refractivity contribution in [3.8, 4) is 0 Å². The van der Waals surface area contributed by atoms with Crippen LogP contribution in [0.15, 0.2) is 12.3 Å². The number of amides is 1. The molecule has 0 saturated carbocycles. The Hall–Kier alpha value is -1.29. The molecule has 0 radical (unpaired) electrons. The van der Waals surface area contributed by atoms with E-state index in [0.717, 1.165) is 0 Å². The highest BCUT2D eigenvalue weighted by Gasteiger charge is 2.33. The first kappa shape index (κ1) is 9.27. The van der Waals surface area contributed by atoms with Crippen LogP contribution in [0, 0.1) is 0 Å². The summed E-state index contributed by atoms with van der Waals surface area (Å²) < 4.78 is 0. The molecule has 2 heterocycles. The first-order chi connectivity index (χ1) is 6.49. The van der Waals surface area contributed by atoms with E-state index < -0.39 is 5.54 Å². The molecule has 0 spiro atoms. The van der Waals surface area contributed by atoms with Crippen LogP contribution in [0.3, 0.4) is 0 Å². The molecule has 0 aliphatic carbocycles. The predicted octanol–water partition coefficient (Wildman–Crippen LogP) is 1.88. The molecule has 1 aromatic heterocycles. The minimum atomic E-state index is -0.631. The molecular weight excluding hydrogens is 202 g/mol. The number of rotatable bonds is 0. The van der Waals surface area contributed by atoms with E-state index in [9.17, 15) is 4.79 Å². The summed E-state index contributed by atoms with van der Waals surface area (Å²) in [5.74, 6) is 0.563. The number of hydrogen-bond acceptors (Lipinski definition) is 3. The topological polar surface area (TPSA) is 54.0 Å². The highest BCUT2D eigenvalue weighted by atomic mass is 35.5. The van der Waals surface area contributed by atoms with Gasteiger partial charge in [-0.05, 0) is 19.9 Å². The summed E-state index contributed by atoms with van der Waals surface area (Å²) in [6.07, 6.45) is 1.54. The van der Waals surface area contributed by atoms with Crippen molar-refractivity contribution < 1.29 is 4.79 Å². The Bertz CT molecular complexity index is 403. The van der Waals surface area contributed by atoms with Crippen LogP contribution >= 0.6 is 11.6 Å². The molecule has 0 unspecified atom stereocenters. The maximum Gasteiger partial charge on any atom is 0.249 e. The van der Waals surface area contributed by atoms with Gasteiger partial charge in [0, 0.05) is 6.20 Å². The van der Waals surface area contributed by atoms with Gasteiger partial charge in [-0.25, -0.2) is 4.98 Å². The van der Waals surface area contributed by atoms with E-state index in [1.807, 2.05) is 0 Å². The van der Waals surface area contributed by atoms with E-state index in [0.29, 0.717) is 16.5 Å². The third-order valence-electron chi connectivity index (χ3n) is 2.10. The van der Waals surface area contributed by atoms with Crippen molar-refractivity contribution in [1.29, 1.82) is 0 Å². The van der Waals surface area contributed by atoms with E-state index in [1.165, 1.54) is 0 Å². The number of pyridine rings is 1. The molecule has 0 aromatic carbocycles. The third-order valence-corrected chi connectivity index (χ3v) is 2.31. The zero-order valence-electron chi connectivity index (χ0n) is 7.89. The Balaban J connectivity index is 2.46. The second kappa shape index (κ2) is 2.85. The predicted molar refractivity (Wildman–Crippen MR) is 55.6 cm³/mol. The van der Waals surface area contributed by atoms with E-state index in [4.69, 9.17) is 11.6 Å². The first-order valence-electron chi connectivity index (χ1n) is 4.24. The summed E-state index contributed by atoms with van der Waals surface area (Å²) in [4.78, 5) is 15.6. The Morgan fingerprint density at radius 1 is 1.50 bits per heavy atom. The largest absolute Gasteiger partial charge is 0.355 e. The molecule has 2 N–H and O–H groups in total. The summed E-state index contributed by atoms with van der Waals surface area (Å²) in [5, 5.41) is 6.28. The molecule has 0 atom stereocenters. The van der Waals surface area contributed by atoms with Gasteiger partial charge in [0.2, 0.25) is 5.91 Å². The van der Waals surface area contributed by atoms with Crippen molar-refractivity contribution in [2.45, 2.75) is 19.4 Å². The van der Waals surface area contributed by atoms with Crippen LogP contribution in [-0.2, 0) is 4.79 Å². The van der Waals surface area contributed by atoms with Crippen LogP contribution in [0.5, 0.6) is 0 Å². The summed E-state index contributed by atoms with van der Waals surface area (Å²) in [7, 11) is 0. The van der Waals surface area contributed by atoms with Crippen molar-refractivity contribution in [1.82, 2.24) is 4.98 Å². The van der Waals surface area contributed by atoms with Gasteiger partial charge >= 0.3 is 0 Å². The van der Waals surface area contributed by atoms with Gasteiger partial charge in [-0.3, -0.25) is 4.79 Å². The normalized spacial score (nSPS) is 18.1. The number of anilines is 2. The summed E-state index contributed by atoms with van der Waals surface area (Å²) >= 11 is 5.75. The first-order valence-corrected chi connectivity index (χ1v) is 4.62. The zero-order chi connectivity index (χ0) is 10.3. The van der Waals surface area contributed by atoms with Gasteiger partial charge in [0.05, 0.1) is 10.7 Å². The number of hydrogen-bond donors (Lipinski definition) is 2. The molecule has 1 aliphatic rings. The number of fused-ring (bicyclic) bond motifs is 1. The summed E-state index contributed by atoms with van der Waals surface area (Å²) in [6.45, 7) is 3.59. The lowest BCUT2D eigenvalue weighted by Crippen LogP contribution is -2.47. The van der Waals surface area contributed by atoms with Crippen LogP contribution in [0.25, 0.3) is 0 Å². The molecule has 0 fully saturated rings. The molecule has 5 heteroatoms. The fourth-order valence-corrected chi connectivity index (χ4v) is 1.42. The highest BCUT2D eigenvalue weighted by molar-refractivity contribution is 6.31. The number of carbonyl (C=O) groups excluding carboxylic acids is 1. The maximum atomic E-state index is 11.5. The SMILES string of the molecule is CC1(C)Nc2ncc(Cl)cc2NC1=O. The molecule has 1 aromatic rings. The van der Waals surface area contributed by atoms with Gasteiger partial charge in [0.15, 0.2) is 5.82 Å². The van der Waals surface area contributed by atoms with E-state index in [2.05, 4.69) is 15.6 Å². The average molecular weight is 212 g/mol. The standard InChI is InChI=1S/C9H10ClN3O/c1-9(2)8(14)12-6-3-5(10)4-11-7(6)13-9/h3-4H,1-2H3,(H,11,13)(H,12,14). The molecule has 1 amide bonds. The second-order valence-electron chi connectivity index (χ2n) is 3.75. The maximum absolute atomic E-state index is 11.5. The zero-order valence-corrected chi connectivity index (χ0v) is 8.64. The van der Waals surface area contributed by atoms with Gasteiger partial charge in [-0.2, -0.15) is 0 Å². The number of carbonyl (C=O) groups is 1. The summed E-state index contributed by atoms with van der Waals surface area (Å²) in [6, 6.07) is 1.67. The van der Waals surface area contributed by atoms with Crippen LogP contribution in [0.1, 0.15) is 13.8 Å². The van der Waals surface area contributed by atoms with Crippen LogP contribution in [0.4, 0.5) is 11.5 Å². The van der Waals surface area contributed by atoms with Crippen molar-refractivity contribution in [2.75, 3.05) is 10.6 Å². The fraction of sp³-hybridized carbons (Fsp3) is 0.333. The Labute approximate surface area is 86.7 Å². The number of halogens is 1. The highest BCUT2D eigenvalue weighted by Crippen LogP contribution is 2.30. The molecule has 0 saturated heterocycles. The van der Waals surface area contributed by atoms with Crippen molar-refractivity contribution in [3.63, 3.8) is 0 Å². The Kier molecular flexibility index (Phi) is 1.89. The third kappa shape index (κ3) is 1.42. The van der Waals surface area contributed by atoms with Gasteiger partial charge in [-0.15, -0.1) is 0 Å². The minimum Gasteiger partial charge on any atom is -0.355 e. The van der Waals surface area contributed by atoms with Gasteiger partial charge in [-0.1, -0.05) is 11.6 Å². The van der Waals surface area contributed by atoms with Gasteiger partial charge in [0.1, 0.15) is 5.54 Å². The minimum absolute atomic E-state index is 0.0888. The molecule has 0 bridgehead atoms. The van der Waals surface area contributed by atoms with Crippen molar-refractivity contribution in [2.24, 2.45) is 0 Å². The van der Waals surface area contributed by atoms with Gasteiger partial charge < -0.3 is 10.6 Å². The van der Waals surface area contributed by atoms with Crippen LogP contribution in [-0.4, -0.2) is 16.4 Å². The van der Waals surface area contributed by atoms with Crippen molar-refractivity contribution in [3.05, 3.63) is 17.3 Å².